The normalized spacial score (nSPS) is 18.3. The molecule has 1 aliphatic rings. The highest BCUT2D eigenvalue weighted by molar-refractivity contribution is 5.84. The fourth-order valence-corrected chi connectivity index (χ4v) is 1.90. The van der Waals surface area contributed by atoms with Gasteiger partial charge in [-0.3, -0.25) is 0 Å². The van der Waals surface area contributed by atoms with E-state index in [4.69, 9.17) is 5.11 Å². The highest BCUT2D eigenvalue weighted by atomic mass is 16.4. The molecule has 1 aromatic heterocycles. The van der Waals surface area contributed by atoms with E-state index in [1.54, 1.807) is 4.68 Å². The molecule has 1 saturated carbocycles. The Morgan fingerprint density at radius 2 is 2.14 bits per heavy atom. The van der Waals surface area contributed by atoms with Crippen LogP contribution in [0, 0.1) is 0 Å². The number of aromatic nitrogens is 3. The third kappa shape index (κ3) is 1.76. The maximum Gasteiger partial charge on any atom is 0.358 e. The minimum atomic E-state index is -1.01. The topological polar surface area (TPSA) is 68.0 Å². The van der Waals surface area contributed by atoms with Crippen molar-refractivity contribution in [1.29, 1.82) is 0 Å². The first-order valence-electron chi connectivity index (χ1n) is 4.92. The number of carboxylic acids is 1. The van der Waals surface area contributed by atoms with Crippen LogP contribution in [0.1, 0.15) is 48.6 Å². The van der Waals surface area contributed by atoms with Gasteiger partial charge in [-0.2, -0.15) is 0 Å². The van der Waals surface area contributed by atoms with E-state index in [2.05, 4.69) is 10.3 Å². The van der Waals surface area contributed by atoms with Gasteiger partial charge in [-0.15, -0.1) is 5.10 Å². The second-order valence-corrected chi connectivity index (χ2v) is 3.68. The lowest BCUT2D eigenvalue weighted by atomic mass is 9.96. The molecule has 14 heavy (non-hydrogen) atoms. The minimum Gasteiger partial charge on any atom is -0.476 e. The van der Waals surface area contributed by atoms with Gasteiger partial charge in [0.15, 0.2) is 5.69 Å². The summed E-state index contributed by atoms with van der Waals surface area (Å²) >= 11 is 0. The molecule has 0 saturated heterocycles. The van der Waals surface area contributed by atoms with E-state index in [1.807, 2.05) is 0 Å². The maximum absolute atomic E-state index is 10.6. The summed E-state index contributed by atoms with van der Waals surface area (Å²) in [6, 6.07) is 0.351. The van der Waals surface area contributed by atoms with Crippen LogP contribution >= 0.6 is 0 Å². The van der Waals surface area contributed by atoms with Gasteiger partial charge in [0, 0.05) is 0 Å². The number of nitrogens with zero attached hydrogens (tertiary/aromatic N) is 3. The van der Waals surface area contributed by atoms with Crippen molar-refractivity contribution in [3.05, 3.63) is 11.9 Å². The quantitative estimate of drug-likeness (QED) is 0.776. The highest BCUT2D eigenvalue weighted by Gasteiger charge is 2.18. The fraction of sp³-hybridized carbons (Fsp3) is 0.667. The molecule has 76 valence electrons. The zero-order valence-corrected chi connectivity index (χ0v) is 7.89. The van der Waals surface area contributed by atoms with Crippen LogP contribution in [0.15, 0.2) is 6.20 Å². The number of aromatic carboxylic acids is 1. The standard InChI is InChI=1S/C9H13N3O2/c13-9(14)8-6-12(11-10-8)7-4-2-1-3-5-7/h6-7H,1-5H2,(H,13,14). The summed E-state index contributed by atoms with van der Waals surface area (Å²) in [5.41, 5.74) is 0.0376. The summed E-state index contributed by atoms with van der Waals surface area (Å²) in [6.45, 7) is 0. The predicted octanol–water partition coefficient (Wildman–Crippen LogP) is 1.48. The van der Waals surface area contributed by atoms with E-state index in [0.717, 1.165) is 12.8 Å². The van der Waals surface area contributed by atoms with Crippen molar-refractivity contribution >= 4 is 5.97 Å². The second kappa shape index (κ2) is 3.77. The van der Waals surface area contributed by atoms with E-state index in [-0.39, 0.29) is 5.69 Å². The lowest BCUT2D eigenvalue weighted by molar-refractivity contribution is 0.0690. The first-order chi connectivity index (χ1) is 6.77. The summed E-state index contributed by atoms with van der Waals surface area (Å²) < 4.78 is 1.70. The van der Waals surface area contributed by atoms with Gasteiger partial charge in [-0.25, -0.2) is 9.48 Å². The molecule has 0 atom stereocenters. The van der Waals surface area contributed by atoms with Gasteiger partial charge in [0.05, 0.1) is 12.2 Å². The van der Waals surface area contributed by atoms with Crippen molar-refractivity contribution in [3.8, 4) is 0 Å². The molecule has 1 fully saturated rings. The van der Waals surface area contributed by atoms with E-state index in [0.29, 0.717) is 6.04 Å². The summed E-state index contributed by atoms with van der Waals surface area (Å²) in [5, 5.41) is 16.1. The van der Waals surface area contributed by atoms with Crippen LogP contribution < -0.4 is 0 Å². The van der Waals surface area contributed by atoms with Gasteiger partial charge < -0.3 is 5.11 Å². The third-order valence-electron chi connectivity index (χ3n) is 2.68. The van der Waals surface area contributed by atoms with Gasteiger partial charge in [0.25, 0.3) is 0 Å². The van der Waals surface area contributed by atoms with Crippen LogP contribution in [-0.2, 0) is 0 Å². The Morgan fingerprint density at radius 3 is 2.71 bits per heavy atom. The zero-order valence-electron chi connectivity index (χ0n) is 7.89. The van der Waals surface area contributed by atoms with Crippen molar-refractivity contribution in [2.75, 3.05) is 0 Å². The number of hydrogen-bond donors (Lipinski definition) is 1. The van der Waals surface area contributed by atoms with Crippen molar-refractivity contribution in [2.45, 2.75) is 38.1 Å². The van der Waals surface area contributed by atoms with Gasteiger partial charge >= 0.3 is 5.97 Å². The first kappa shape index (κ1) is 9.18. The summed E-state index contributed by atoms with van der Waals surface area (Å²) in [5.74, 6) is -1.01. The fourth-order valence-electron chi connectivity index (χ4n) is 1.90. The Hall–Kier alpha value is -1.39. The molecule has 0 amide bonds. The molecule has 0 spiro atoms. The van der Waals surface area contributed by atoms with Crippen LogP contribution in [0.3, 0.4) is 0 Å². The number of carboxylic acid groups (broad SMARTS) is 1. The van der Waals surface area contributed by atoms with Crippen molar-refractivity contribution in [1.82, 2.24) is 15.0 Å². The summed E-state index contributed by atoms with van der Waals surface area (Å²) in [7, 11) is 0. The van der Waals surface area contributed by atoms with Gasteiger partial charge in [0.1, 0.15) is 0 Å². The van der Waals surface area contributed by atoms with Crippen molar-refractivity contribution < 1.29 is 9.90 Å². The molecular formula is C9H13N3O2. The van der Waals surface area contributed by atoms with Crippen LogP contribution in [0.2, 0.25) is 0 Å². The Balaban J connectivity index is 2.11. The van der Waals surface area contributed by atoms with Crippen molar-refractivity contribution in [2.24, 2.45) is 0 Å². The molecule has 1 heterocycles. The van der Waals surface area contributed by atoms with Crippen LogP contribution in [0.5, 0.6) is 0 Å². The van der Waals surface area contributed by atoms with Gasteiger partial charge in [0.2, 0.25) is 0 Å². The molecule has 1 N–H and O–H groups in total. The molecule has 1 aliphatic carbocycles. The van der Waals surface area contributed by atoms with Gasteiger partial charge in [-0.1, -0.05) is 24.5 Å². The predicted molar refractivity (Wildman–Crippen MR) is 49.1 cm³/mol. The SMILES string of the molecule is O=C(O)c1cn(C2CCCCC2)nn1. The molecule has 0 unspecified atom stereocenters. The van der Waals surface area contributed by atoms with E-state index in [9.17, 15) is 4.79 Å². The molecule has 0 aromatic carbocycles. The molecular weight excluding hydrogens is 182 g/mol. The second-order valence-electron chi connectivity index (χ2n) is 3.68. The molecule has 2 rings (SSSR count). The van der Waals surface area contributed by atoms with Crippen molar-refractivity contribution in [3.63, 3.8) is 0 Å². The molecule has 0 radical (unpaired) electrons. The first-order valence-corrected chi connectivity index (χ1v) is 4.92. The van der Waals surface area contributed by atoms with E-state index in [1.165, 1.54) is 25.5 Å². The molecule has 0 bridgehead atoms. The molecule has 0 aliphatic heterocycles. The third-order valence-corrected chi connectivity index (χ3v) is 2.68. The highest BCUT2D eigenvalue weighted by Crippen LogP contribution is 2.27. The number of rotatable bonds is 2. The molecule has 1 aromatic rings. The van der Waals surface area contributed by atoms with Gasteiger partial charge in [-0.05, 0) is 12.8 Å². The number of hydrogen-bond acceptors (Lipinski definition) is 3. The summed E-state index contributed by atoms with van der Waals surface area (Å²) in [4.78, 5) is 10.6. The monoisotopic (exact) mass is 195 g/mol. The smallest absolute Gasteiger partial charge is 0.358 e. The lowest BCUT2D eigenvalue weighted by Crippen LogP contribution is -2.13. The Morgan fingerprint density at radius 1 is 1.43 bits per heavy atom. The average Bonchev–Trinajstić information content (AvgIpc) is 2.68. The maximum atomic E-state index is 10.6. The minimum absolute atomic E-state index is 0.0376. The summed E-state index contributed by atoms with van der Waals surface area (Å²) in [6.07, 6.45) is 7.38. The Bertz CT molecular complexity index is 329. The lowest BCUT2D eigenvalue weighted by Gasteiger charge is -2.20. The van der Waals surface area contributed by atoms with E-state index < -0.39 is 5.97 Å². The Labute approximate surface area is 81.7 Å². The number of carbonyl (C=O) groups is 1. The van der Waals surface area contributed by atoms with E-state index >= 15 is 0 Å². The van der Waals surface area contributed by atoms with Crippen LogP contribution in [0.4, 0.5) is 0 Å². The van der Waals surface area contributed by atoms with Crippen LogP contribution in [-0.4, -0.2) is 26.1 Å². The van der Waals surface area contributed by atoms with Crippen LogP contribution in [0.25, 0.3) is 0 Å². The Kier molecular flexibility index (Phi) is 2.47. The zero-order chi connectivity index (χ0) is 9.97. The average molecular weight is 195 g/mol. The largest absolute Gasteiger partial charge is 0.476 e. The molecule has 5 heteroatoms. The molecule has 5 nitrogen and oxygen atoms in total.